The highest BCUT2D eigenvalue weighted by molar-refractivity contribution is 7.75. The normalized spacial score (nSPS) is 16.3. The maximum Gasteiger partial charge on any atom is 0.715 e. The molecule has 0 saturated heterocycles. The highest BCUT2D eigenvalue weighted by atomic mass is 31.2. The summed E-state index contributed by atoms with van der Waals surface area (Å²) in [5, 5.41) is 0. The quantitative estimate of drug-likeness (QED) is 0.0736. The van der Waals surface area contributed by atoms with Gasteiger partial charge in [-0.3, -0.25) is 0 Å². The smallest absolute Gasteiger partial charge is 0.340 e. The summed E-state index contributed by atoms with van der Waals surface area (Å²) in [6, 6.07) is 34.6. The summed E-state index contributed by atoms with van der Waals surface area (Å²) in [6.07, 6.45) is 21.6. The Morgan fingerprint density at radius 3 is 1.40 bits per heavy atom. The molecule has 0 saturated carbocycles. The van der Waals surface area contributed by atoms with E-state index in [1.165, 1.54) is 96.6 Å². The lowest BCUT2D eigenvalue weighted by Gasteiger charge is -2.29. The first-order valence-corrected chi connectivity index (χ1v) is 24.4. The van der Waals surface area contributed by atoms with Crippen LogP contribution in [0.1, 0.15) is 106 Å². The number of nitrogens with zero attached hydrogens (tertiary/aromatic N) is 2. The van der Waals surface area contributed by atoms with E-state index in [1.54, 1.807) is 0 Å². The molecular weight excluding hydrogens is 716 g/mol. The number of fused-ring (bicyclic) bond motifs is 5. The fourth-order valence-electron chi connectivity index (χ4n) is 9.56. The van der Waals surface area contributed by atoms with E-state index in [1.807, 2.05) is 0 Å². The Morgan fingerprint density at radius 1 is 0.509 bits per heavy atom. The second kappa shape index (κ2) is 16.8. The van der Waals surface area contributed by atoms with Crippen LogP contribution in [0.2, 0.25) is 0 Å². The Morgan fingerprint density at radius 2 is 0.947 bits per heavy atom. The van der Waals surface area contributed by atoms with Crippen molar-refractivity contribution in [1.29, 1.82) is 0 Å². The van der Waals surface area contributed by atoms with E-state index in [2.05, 4.69) is 160 Å². The van der Waals surface area contributed by atoms with Crippen LogP contribution < -0.4 is 9.47 Å². The second-order valence-electron chi connectivity index (χ2n) is 16.8. The zero-order chi connectivity index (χ0) is 39.6. The zero-order valence-electron chi connectivity index (χ0n) is 35.2. The third kappa shape index (κ3) is 7.40. The van der Waals surface area contributed by atoms with Crippen molar-refractivity contribution in [3.05, 3.63) is 130 Å². The average Bonchev–Trinajstić information content (AvgIpc) is 3.51. The third-order valence-corrected chi connectivity index (χ3v) is 17.6. The molecule has 0 fully saturated rings. The molecule has 3 aliphatic rings. The van der Waals surface area contributed by atoms with Crippen molar-refractivity contribution in [2.24, 2.45) is 0 Å². The van der Waals surface area contributed by atoms with Gasteiger partial charge in [0.2, 0.25) is 0 Å². The SMILES string of the molecule is CCCC[P+](CCCC)(CCCC)CCc1ccccc1-c1cc(C)c2c(c1)C=[N+]1c3ccccc3[N+]3=Cc4cc(-c5ccccc5CCC)cc(C)c4OC31O2. The Kier molecular flexibility index (Phi) is 11.5. The summed E-state index contributed by atoms with van der Waals surface area (Å²) >= 11 is 0. The average molecular weight is 778 g/mol. The first kappa shape index (κ1) is 39.3. The predicted octanol–water partition coefficient (Wildman–Crippen LogP) is 13.5. The maximum atomic E-state index is 7.24. The van der Waals surface area contributed by atoms with Gasteiger partial charge in [0.25, 0.3) is 11.4 Å². The van der Waals surface area contributed by atoms with E-state index in [-0.39, 0.29) is 0 Å². The van der Waals surface area contributed by atoms with Gasteiger partial charge in [0, 0.05) is 25.8 Å². The summed E-state index contributed by atoms with van der Waals surface area (Å²) < 4.78 is 18.8. The highest BCUT2D eigenvalue weighted by Crippen LogP contribution is 2.61. The lowest BCUT2D eigenvalue weighted by Crippen LogP contribution is -2.59. The van der Waals surface area contributed by atoms with Crippen LogP contribution in [0, 0.1) is 13.8 Å². The van der Waals surface area contributed by atoms with Crippen LogP contribution in [0.5, 0.6) is 11.5 Å². The van der Waals surface area contributed by atoms with Gasteiger partial charge in [-0.2, -0.15) is 0 Å². The van der Waals surface area contributed by atoms with Gasteiger partial charge in [-0.05, 0) is 117 Å². The van der Waals surface area contributed by atoms with Gasteiger partial charge in [0.05, 0.1) is 35.8 Å². The number of benzene rings is 5. The molecule has 3 aliphatic heterocycles. The number of hydrogen-bond acceptors (Lipinski definition) is 2. The maximum absolute atomic E-state index is 7.24. The van der Waals surface area contributed by atoms with E-state index in [0.29, 0.717) is 0 Å². The van der Waals surface area contributed by atoms with Crippen molar-refractivity contribution in [3.8, 4) is 33.8 Å². The molecule has 1 atom stereocenters. The molecular formula is C52H62N2O2P+3. The Bertz CT molecular complexity index is 2320. The van der Waals surface area contributed by atoms with E-state index in [4.69, 9.17) is 9.47 Å². The van der Waals surface area contributed by atoms with Gasteiger partial charge in [-0.25, -0.2) is 0 Å². The molecule has 0 radical (unpaired) electrons. The Hall–Kier alpha value is -4.53. The molecule has 0 amide bonds. The van der Waals surface area contributed by atoms with E-state index in [9.17, 15) is 0 Å². The number of hydrogen-bond donors (Lipinski definition) is 0. The van der Waals surface area contributed by atoms with Crippen molar-refractivity contribution in [2.45, 2.75) is 105 Å². The number of aryl methyl sites for hydroxylation is 4. The van der Waals surface area contributed by atoms with Crippen molar-refractivity contribution >= 4 is 31.1 Å². The lowest BCUT2D eigenvalue weighted by atomic mass is 9.93. The van der Waals surface area contributed by atoms with Crippen LogP contribution in [-0.2, 0) is 12.8 Å². The predicted molar refractivity (Wildman–Crippen MR) is 243 cm³/mol. The molecule has 5 aromatic rings. The minimum atomic E-state index is -1.21. The summed E-state index contributed by atoms with van der Waals surface area (Å²) in [6.45, 7) is 13.7. The zero-order valence-corrected chi connectivity index (χ0v) is 36.1. The minimum Gasteiger partial charge on any atom is -0.340 e. The summed E-state index contributed by atoms with van der Waals surface area (Å²) in [7, 11) is -1.01. The molecule has 4 nitrogen and oxygen atoms in total. The van der Waals surface area contributed by atoms with Crippen LogP contribution in [0.4, 0.5) is 11.4 Å². The number of ether oxygens (including phenoxy) is 2. The first-order valence-electron chi connectivity index (χ1n) is 21.9. The fraction of sp³-hybridized carbons (Fsp3) is 0.385. The largest absolute Gasteiger partial charge is 0.715 e. The monoisotopic (exact) mass is 777 g/mol. The number of para-hydroxylation sites is 2. The van der Waals surface area contributed by atoms with Gasteiger partial charge in [0.1, 0.15) is 0 Å². The van der Waals surface area contributed by atoms with E-state index >= 15 is 0 Å². The van der Waals surface area contributed by atoms with Gasteiger partial charge in [-0.1, -0.05) is 114 Å². The van der Waals surface area contributed by atoms with Gasteiger partial charge in [-0.15, -0.1) is 0 Å². The second-order valence-corrected chi connectivity index (χ2v) is 21.2. The van der Waals surface area contributed by atoms with Crippen molar-refractivity contribution in [2.75, 3.05) is 24.6 Å². The molecule has 0 bridgehead atoms. The standard InChI is InChI=1S/C52H62N2O2P/c1-7-11-28-57(29-12-8-2,30-13-9-3)31-27-41-22-15-17-24-47(41)43-33-39(6)51-45(35-43)37-54-49-26-19-18-25-48(49)53-36-44-34-42(46-23-16-14-21-40(46)20-10-4)32-38(5)50(44)55-52(53,54)56-51/h14-19,21-26,32-37H,7-13,20,27-31H2,1-6H3/q+3. The summed E-state index contributed by atoms with van der Waals surface area (Å²) in [5.74, 6) is 1.73. The number of rotatable bonds is 16. The Balaban J connectivity index is 1.17. The molecule has 294 valence electrons. The summed E-state index contributed by atoms with van der Waals surface area (Å²) in [5.41, 5.74) is 14.4. The van der Waals surface area contributed by atoms with Crippen LogP contribution >= 0.6 is 7.26 Å². The molecule has 5 heteroatoms. The molecule has 3 heterocycles. The van der Waals surface area contributed by atoms with E-state index in [0.717, 1.165) is 64.4 Å². The van der Waals surface area contributed by atoms with Crippen molar-refractivity contribution < 1.29 is 18.6 Å². The van der Waals surface area contributed by atoms with Crippen LogP contribution in [0.3, 0.4) is 0 Å². The van der Waals surface area contributed by atoms with E-state index < -0.39 is 13.3 Å². The van der Waals surface area contributed by atoms with Gasteiger partial charge >= 0.3 is 6.03 Å². The molecule has 0 aromatic heterocycles. The number of unbranched alkanes of at least 4 members (excludes halogenated alkanes) is 3. The van der Waals surface area contributed by atoms with Crippen LogP contribution in [-0.4, -0.2) is 52.3 Å². The molecule has 8 rings (SSSR count). The molecule has 1 spiro atoms. The molecule has 0 N–H and O–H groups in total. The summed E-state index contributed by atoms with van der Waals surface area (Å²) in [4.78, 5) is 0. The molecule has 1 unspecified atom stereocenters. The topological polar surface area (TPSA) is 24.5 Å². The highest BCUT2D eigenvalue weighted by Gasteiger charge is 2.72. The van der Waals surface area contributed by atoms with Crippen LogP contribution in [0.15, 0.2) is 97.1 Å². The molecule has 57 heavy (non-hydrogen) atoms. The minimum absolute atomic E-state index is 0.858. The van der Waals surface area contributed by atoms with Gasteiger partial charge in [0.15, 0.2) is 23.9 Å². The third-order valence-electron chi connectivity index (χ3n) is 12.6. The first-order chi connectivity index (χ1) is 27.8. The fourth-order valence-corrected chi connectivity index (χ4v) is 14.6. The molecule has 5 aromatic carbocycles. The lowest BCUT2D eigenvalue weighted by molar-refractivity contribution is -0.831. The van der Waals surface area contributed by atoms with Crippen molar-refractivity contribution in [3.63, 3.8) is 0 Å². The Labute approximate surface area is 342 Å². The van der Waals surface area contributed by atoms with Gasteiger partial charge < -0.3 is 9.47 Å². The van der Waals surface area contributed by atoms with Crippen molar-refractivity contribution in [1.82, 2.24) is 0 Å². The molecule has 0 aliphatic carbocycles. The van der Waals surface area contributed by atoms with Crippen LogP contribution in [0.25, 0.3) is 22.3 Å².